The molecule has 0 aliphatic rings. The van der Waals surface area contributed by atoms with E-state index in [4.69, 9.17) is 9.90 Å². The highest BCUT2D eigenvalue weighted by Crippen LogP contribution is 2.11. The van der Waals surface area contributed by atoms with Crippen LogP contribution in [0.2, 0.25) is 0 Å². The Morgan fingerprint density at radius 1 is 0.739 bits per heavy atom. The van der Waals surface area contributed by atoms with Crippen LogP contribution in [-0.4, -0.2) is 17.4 Å². The van der Waals surface area contributed by atoms with Gasteiger partial charge in [0.1, 0.15) is 6.29 Å². The molecule has 0 heterocycles. The molecule has 0 fully saturated rings. The molecule has 23 heavy (non-hydrogen) atoms. The number of unbranched alkanes of at least 4 members (excludes halogenated alkanes) is 12. The zero-order chi connectivity index (χ0) is 17.6. The highest BCUT2D eigenvalue weighted by Gasteiger charge is 1.92. The normalized spacial score (nSPS) is 10.3. The zero-order valence-corrected chi connectivity index (χ0v) is 15.4. The smallest absolute Gasteiger partial charge is 0.300 e. The first-order valence-electron chi connectivity index (χ1n) is 9.43. The van der Waals surface area contributed by atoms with Crippen LogP contribution in [0.3, 0.4) is 0 Å². The summed E-state index contributed by atoms with van der Waals surface area (Å²) >= 11 is 0. The van der Waals surface area contributed by atoms with Crippen molar-refractivity contribution in [3.8, 4) is 0 Å². The molecular formula is C20H38O3. The van der Waals surface area contributed by atoms with Gasteiger partial charge in [0.2, 0.25) is 0 Å². The molecule has 3 heteroatoms. The van der Waals surface area contributed by atoms with Gasteiger partial charge < -0.3 is 9.90 Å². The van der Waals surface area contributed by atoms with Crippen molar-refractivity contribution in [2.24, 2.45) is 0 Å². The van der Waals surface area contributed by atoms with E-state index in [1.807, 2.05) is 0 Å². The van der Waals surface area contributed by atoms with Crippen molar-refractivity contribution in [3.63, 3.8) is 0 Å². The van der Waals surface area contributed by atoms with Crippen LogP contribution in [0.25, 0.3) is 0 Å². The first-order chi connectivity index (χ1) is 11.1. The lowest BCUT2D eigenvalue weighted by atomic mass is 10.1. The summed E-state index contributed by atoms with van der Waals surface area (Å²) in [6.07, 6.45) is 23.6. The summed E-state index contributed by atoms with van der Waals surface area (Å²) in [6, 6.07) is 0. The number of aliphatic carboxylic acids is 1. The second kappa shape index (κ2) is 23.2. The molecule has 0 bridgehead atoms. The molecule has 0 aliphatic carbocycles. The summed E-state index contributed by atoms with van der Waals surface area (Å²) in [6.45, 7) is 3.31. The van der Waals surface area contributed by atoms with Crippen LogP contribution >= 0.6 is 0 Å². The number of rotatable bonds is 15. The minimum atomic E-state index is -0.833. The molecule has 0 amide bonds. The average Bonchev–Trinajstić information content (AvgIpc) is 2.50. The highest BCUT2D eigenvalue weighted by atomic mass is 16.4. The van der Waals surface area contributed by atoms with E-state index in [0.29, 0.717) is 0 Å². The fraction of sp³-hybridized carbons (Fsp3) is 0.800. The van der Waals surface area contributed by atoms with Crippen LogP contribution in [0.4, 0.5) is 0 Å². The second-order valence-electron chi connectivity index (χ2n) is 6.06. The van der Waals surface area contributed by atoms with Gasteiger partial charge >= 0.3 is 0 Å². The maximum atomic E-state index is 10.1. The van der Waals surface area contributed by atoms with Crippen LogP contribution in [0, 0.1) is 0 Å². The van der Waals surface area contributed by atoms with Gasteiger partial charge in [0.05, 0.1) is 0 Å². The predicted octanol–water partition coefficient (Wildman–Crippen LogP) is 6.31. The van der Waals surface area contributed by atoms with Crippen LogP contribution < -0.4 is 0 Å². The summed E-state index contributed by atoms with van der Waals surface area (Å²) in [5, 5.41) is 7.42. The second-order valence-corrected chi connectivity index (χ2v) is 6.06. The Morgan fingerprint density at radius 2 is 1.09 bits per heavy atom. The lowest BCUT2D eigenvalue weighted by Gasteiger charge is -2.01. The summed E-state index contributed by atoms with van der Waals surface area (Å²) in [7, 11) is 0. The number of hydrogen-bond donors (Lipinski definition) is 1. The van der Waals surface area contributed by atoms with Gasteiger partial charge in [-0.1, -0.05) is 76.9 Å². The van der Waals surface area contributed by atoms with Gasteiger partial charge in [0.15, 0.2) is 0 Å². The number of aldehydes is 1. The standard InChI is InChI=1S/C18H34O.C2H4O2/c1-2-3-4-5-6-7-8-9-10-11-12-13-14-15-16-17-18-19;1-2(3)4/h4-5,18H,2-3,6-17H2,1H3;1H3,(H,3,4)/b5-4+;. The van der Waals surface area contributed by atoms with E-state index < -0.39 is 5.97 Å². The third-order valence-electron chi connectivity index (χ3n) is 3.56. The molecule has 1 N–H and O–H groups in total. The molecular weight excluding hydrogens is 288 g/mol. The van der Waals surface area contributed by atoms with E-state index in [0.717, 1.165) is 26.1 Å². The molecule has 0 aromatic carbocycles. The summed E-state index contributed by atoms with van der Waals surface area (Å²) in [4.78, 5) is 19.1. The van der Waals surface area contributed by atoms with Gasteiger partial charge in [-0.25, -0.2) is 0 Å². The topological polar surface area (TPSA) is 54.4 Å². The van der Waals surface area contributed by atoms with E-state index in [9.17, 15) is 4.79 Å². The largest absolute Gasteiger partial charge is 0.481 e. The predicted molar refractivity (Wildman–Crippen MR) is 98.8 cm³/mol. The highest BCUT2D eigenvalue weighted by molar-refractivity contribution is 5.62. The molecule has 0 aromatic rings. The Bertz CT molecular complexity index is 268. The third kappa shape index (κ3) is 33.6. The van der Waals surface area contributed by atoms with Crippen LogP contribution in [-0.2, 0) is 9.59 Å². The van der Waals surface area contributed by atoms with Crippen molar-refractivity contribution in [2.75, 3.05) is 0 Å². The number of carbonyl (C=O) groups is 2. The van der Waals surface area contributed by atoms with Crippen molar-refractivity contribution in [1.82, 2.24) is 0 Å². The molecule has 3 nitrogen and oxygen atoms in total. The molecule has 0 unspecified atom stereocenters. The maximum Gasteiger partial charge on any atom is 0.300 e. The fourth-order valence-corrected chi connectivity index (χ4v) is 2.31. The molecule has 0 aliphatic heterocycles. The van der Waals surface area contributed by atoms with E-state index in [1.54, 1.807) is 0 Å². The van der Waals surface area contributed by atoms with Crippen molar-refractivity contribution in [3.05, 3.63) is 12.2 Å². The quantitative estimate of drug-likeness (QED) is 0.218. The lowest BCUT2D eigenvalue weighted by Crippen LogP contribution is -1.82. The first-order valence-corrected chi connectivity index (χ1v) is 9.43. The molecule has 0 spiro atoms. The summed E-state index contributed by atoms with van der Waals surface area (Å²) < 4.78 is 0. The molecule has 136 valence electrons. The van der Waals surface area contributed by atoms with Crippen LogP contribution in [0.1, 0.15) is 104 Å². The van der Waals surface area contributed by atoms with E-state index >= 15 is 0 Å². The lowest BCUT2D eigenvalue weighted by molar-refractivity contribution is -0.134. The maximum absolute atomic E-state index is 10.1. The Morgan fingerprint density at radius 3 is 1.48 bits per heavy atom. The van der Waals surface area contributed by atoms with Gasteiger partial charge in [-0.2, -0.15) is 0 Å². The Kier molecular flexibility index (Phi) is 24.3. The molecule has 0 rings (SSSR count). The minimum Gasteiger partial charge on any atom is -0.481 e. The number of carbonyl (C=O) groups excluding carboxylic acids is 1. The van der Waals surface area contributed by atoms with Crippen LogP contribution in [0.5, 0.6) is 0 Å². The van der Waals surface area contributed by atoms with Gasteiger partial charge in [0, 0.05) is 13.3 Å². The van der Waals surface area contributed by atoms with Gasteiger partial charge in [0.25, 0.3) is 5.97 Å². The van der Waals surface area contributed by atoms with Crippen molar-refractivity contribution in [2.45, 2.75) is 104 Å². The van der Waals surface area contributed by atoms with E-state index in [-0.39, 0.29) is 0 Å². The molecule has 0 saturated heterocycles. The van der Waals surface area contributed by atoms with E-state index in [1.165, 1.54) is 77.0 Å². The van der Waals surface area contributed by atoms with Crippen LogP contribution in [0.15, 0.2) is 12.2 Å². The van der Waals surface area contributed by atoms with E-state index in [2.05, 4.69) is 19.1 Å². The Balaban J connectivity index is 0. The van der Waals surface area contributed by atoms with Crippen molar-refractivity contribution < 1.29 is 14.7 Å². The van der Waals surface area contributed by atoms with Crippen molar-refractivity contribution in [1.29, 1.82) is 0 Å². The fourth-order valence-electron chi connectivity index (χ4n) is 2.31. The third-order valence-corrected chi connectivity index (χ3v) is 3.56. The number of carboxylic acid groups (broad SMARTS) is 1. The summed E-state index contributed by atoms with van der Waals surface area (Å²) in [5.41, 5.74) is 0. The molecule has 0 atom stereocenters. The van der Waals surface area contributed by atoms with Gasteiger partial charge in [-0.15, -0.1) is 0 Å². The first kappa shape index (κ1) is 24.1. The number of carboxylic acids is 1. The van der Waals surface area contributed by atoms with Gasteiger partial charge in [-0.05, 0) is 25.7 Å². The average molecular weight is 327 g/mol. The monoisotopic (exact) mass is 326 g/mol. The Hall–Kier alpha value is -1.12. The molecule has 0 saturated carbocycles. The zero-order valence-electron chi connectivity index (χ0n) is 15.4. The SMILES string of the molecule is CC(=O)O.CCC/C=C/CCCCCCCCCCCCC=O. The van der Waals surface area contributed by atoms with Gasteiger partial charge in [-0.3, -0.25) is 4.79 Å². The Labute approximate surface area is 143 Å². The molecule has 0 radical (unpaired) electrons. The number of hydrogen-bond acceptors (Lipinski definition) is 2. The summed E-state index contributed by atoms with van der Waals surface area (Å²) in [5.74, 6) is -0.833. The molecule has 0 aromatic heterocycles. The minimum absolute atomic E-state index is 0.757. The van der Waals surface area contributed by atoms with Crippen molar-refractivity contribution >= 4 is 12.3 Å². The number of allylic oxidation sites excluding steroid dienone is 2.